The first-order valence-electron chi connectivity index (χ1n) is 3.86. The van der Waals surface area contributed by atoms with Crippen molar-refractivity contribution in [3.63, 3.8) is 0 Å². The summed E-state index contributed by atoms with van der Waals surface area (Å²) in [5, 5.41) is 0. The Hall–Kier alpha value is 0.0800. The first-order valence-corrected chi connectivity index (χ1v) is 6.70. The molecule has 1 aromatic rings. The zero-order valence-electron chi connectivity index (χ0n) is 7.53. The molecule has 0 saturated carbocycles. The van der Waals surface area contributed by atoms with Crippen molar-refractivity contribution in [3.05, 3.63) is 35.4 Å². The number of hydrogen-bond donors (Lipinski definition) is 0. The second-order valence-electron chi connectivity index (χ2n) is 2.62. The quantitative estimate of drug-likeness (QED) is 0.605. The average Bonchev–Trinajstić information content (AvgIpc) is 2.26. The van der Waals surface area contributed by atoms with E-state index in [1.807, 2.05) is 0 Å². The largest absolute Gasteiger partial charge is 0.274 e. The Balaban J connectivity index is 3.20. The van der Waals surface area contributed by atoms with Gasteiger partial charge in [0.05, 0.1) is 75.7 Å². The van der Waals surface area contributed by atoms with Crippen LogP contribution in [0.4, 0.5) is 0 Å². The van der Waals surface area contributed by atoms with E-state index in [0.29, 0.717) is 0 Å². The van der Waals surface area contributed by atoms with Crippen LogP contribution >= 0.6 is 64.6 Å². The average molecular weight is 480 g/mol. The highest BCUT2D eigenvalue weighted by Crippen LogP contribution is 2.20. The molecule has 8 heteroatoms. The molecule has 0 aliphatic carbocycles. The van der Waals surface area contributed by atoms with Crippen molar-refractivity contribution in [1.29, 1.82) is 0 Å². The minimum absolute atomic E-state index is 0.283. The molecule has 0 spiro atoms. The third-order valence-corrected chi connectivity index (χ3v) is 2.98. The van der Waals surface area contributed by atoms with E-state index >= 15 is 0 Å². The van der Waals surface area contributed by atoms with Gasteiger partial charge in [-0.3, -0.25) is 9.59 Å². The van der Waals surface area contributed by atoms with Gasteiger partial charge in [0.25, 0.3) is 11.8 Å². The van der Waals surface area contributed by atoms with E-state index in [0.717, 1.165) is 5.90 Å². The molecule has 0 radical (unpaired) electrons. The lowest BCUT2D eigenvalue weighted by Crippen LogP contribution is -2.19. The Morgan fingerprint density at radius 2 is 1.12 bits per heavy atom. The van der Waals surface area contributed by atoms with Gasteiger partial charge in [0, 0.05) is 0 Å². The zero-order valence-corrected chi connectivity index (χ0v) is 13.9. The van der Waals surface area contributed by atoms with Gasteiger partial charge in [-0.2, -0.15) is 0 Å². The number of rotatable bonds is 2. The molecule has 4 nitrogen and oxygen atoms in total. The van der Waals surface area contributed by atoms with Gasteiger partial charge in [0.1, 0.15) is 0 Å². The van der Waals surface area contributed by atoms with Gasteiger partial charge in [-0.25, -0.2) is 5.90 Å². The summed E-state index contributed by atoms with van der Waals surface area (Å²) in [5.74, 6) is -0.739. The molecule has 0 aliphatic heterocycles. The molecule has 0 unspecified atom stereocenters. The Labute approximate surface area is 126 Å². The maximum atomic E-state index is 11.7. The summed E-state index contributed by atoms with van der Waals surface area (Å²) in [6.07, 6.45) is 0. The van der Waals surface area contributed by atoms with E-state index in [4.69, 9.17) is 0 Å². The molecule has 0 aliphatic rings. The molecule has 0 saturated heterocycles. The van der Waals surface area contributed by atoms with Crippen molar-refractivity contribution >= 4 is 76.4 Å². The second kappa shape index (κ2) is 6.13. The maximum absolute atomic E-state index is 11.7. The molecule has 0 aromatic heterocycles. The van der Waals surface area contributed by atoms with Crippen LogP contribution in [0.15, 0.2) is 24.3 Å². The van der Waals surface area contributed by atoms with Crippen LogP contribution in [0.1, 0.15) is 20.7 Å². The molecule has 0 heterocycles. The lowest BCUT2D eigenvalue weighted by Gasteiger charge is -2.11. The number of carbonyl (C=O) groups excluding carboxylic acids is 2. The van der Waals surface area contributed by atoms with Crippen LogP contribution in [0.3, 0.4) is 0 Å². The molecule has 0 fully saturated rings. The Morgan fingerprint density at radius 1 is 0.812 bits per heavy atom. The number of halogens is 4. The van der Waals surface area contributed by atoms with Gasteiger partial charge in [-0.15, -0.1) is 0 Å². The van der Waals surface area contributed by atoms with Crippen LogP contribution in [0.25, 0.3) is 0 Å². The fourth-order valence-electron chi connectivity index (χ4n) is 1.04. The van der Waals surface area contributed by atoms with Gasteiger partial charge in [-0.05, 0) is 12.1 Å². The third-order valence-electron chi connectivity index (χ3n) is 1.69. The van der Waals surface area contributed by atoms with Crippen LogP contribution in [-0.2, 0) is 0 Å². The molecule has 0 N–H and O–H groups in total. The van der Waals surface area contributed by atoms with E-state index in [-0.39, 0.29) is 22.9 Å². The van der Waals surface area contributed by atoms with Crippen molar-refractivity contribution < 1.29 is 9.59 Å². The first kappa shape index (κ1) is 14.1. The Morgan fingerprint density at radius 3 is 1.38 bits per heavy atom. The van der Waals surface area contributed by atoms with Crippen LogP contribution in [0.5, 0.6) is 0 Å². The van der Waals surface area contributed by atoms with E-state index in [1.165, 1.54) is 0 Å². The molecule has 86 valence electrons. The highest BCUT2D eigenvalue weighted by atomic mass is 79.9. The SMILES string of the molecule is O=C(c1ccccc1C(=O)N(Br)Br)N(Br)Br. The van der Waals surface area contributed by atoms with Gasteiger partial charge in [0.2, 0.25) is 0 Å². The number of benzene rings is 1. The lowest BCUT2D eigenvalue weighted by molar-refractivity contribution is 0.0907. The van der Waals surface area contributed by atoms with Crippen molar-refractivity contribution in [2.75, 3.05) is 0 Å². The zero-order chi connectivity index (χ0) is 12.3. The fraction of sp³-hybridized carbons (Fsp3) is 0. The summed E-state index contributed by atoms with van der Waals surface area (Å²) in [5.41, 5.74) is 0.565. The van der Waals surface area contributed by atoms with Gasteiger partial charge < -0.3 is 0 Å². The molecule has 0 bridgehead atoms. The summed E-state index contributed by atoms with van der Waals surface area (Å²) in [4.78, 5) is 23.4. The number of carbonyl (C=O) groups is 2. The summed E-state index contributed by atoms with van der Waals surface area (Å²) in [6, 6.07) is 6.49. The Kier molecular flexibility index (Phi) is 5.42. The normalized spacial score (nSPS) is 9.75. The molecule has 16 heavy (non-hydrogen) atoms. The summed E-state index contributed by atoms with van der Waals surface area (Å²) < 4.78 is 2.11. The van der Waals surface area contributed by atoms with Crippen LogP contribution in [-0.4, -0.2) is 17.7 Å². The highest BCUT2D eigenvalue weighted by Gasteiger charge is 2.21. The lowest BCUT2D eigenvalue weighted by atomic mass is 10.1. The van der Waals surface area contributed by atoms with Gasteiger partial charge in [0.15, 0.2) is 0 Å². The van der Waals surface area contributed by atoms with E-state index in [9.17, 15) is 9.59 Å². The third kappa shape index (κ3) is 3.28. The van der Waals surface area contributed by atoms with E-state index in [1.54, 1.807) is 24.3 Å². The number of amides is 2. The Bertz CT molecular complexity index is 383. The van der Waals surface area contributed by atoms with Gasteiger partial charge >= 0.3 is 0 Å². The van der Waals surface area contributed by atoms with Crippen molar-refractivity contribution in [1.82, 2.24) is 5.90 Å². The predicted molar refractivity (Wildman–Crippen MR) is 74.5 cm³/mol. The molecular weight excluding hydrogens is 476 g/mol. The first-order chi connectivity index (χ1) is 7.45. The highest BCUT2D eigenvalue weighted by molar-refractivity contribution is 9.21. The minimum Gasteiger partial charge on any atom is -0.267 e. The summed E-state index contributed by atoms with van der Waals surface area (Å²) >= 11 is 11.8. The standard InChI is InChI=1S/C8H4Br4N2O2/c9-13(10)7(15)5-3-1-2-4-6(5)8(16)14(11)12/h1-4H. The molecular formula is C8H4Br4N2O2. The summed E-state index contributed by atoms with van der Waals surface area (Å²) in [6.45, 7) is 0. The van der Waals surface area contributed by atoms with Gasteiger partial charge in [-0.1, -0.05) is 12.1 Å². The molecule has 2 amide bonds. The maximum Gasteiger partial charge on any atom is 0.274 e. The topological polar surface area (TPSA) is 40.6 Å². The monoisotopic (exact) mass is 476 g/mol. The number of nitrogens with zero attached hydrogens (tertiary/aromatic N) is 2. The van der Waals surface area contributed by atoms with E-state index in [2.05, 4.69) is 64.6 Å². The number of hydrogen-bond acceptors (Lipinski definition) is 2. The van der Waals surface area contributed by atoms with Crippen molar-refractivity contribution in [2.24, 2.45) is 0 Å². The summed E-state index contributed by atoms with van der Waals surface area (Å²) in [7, 11) is 0. The fourth-order valence-corrected chi connectivity index (χ4v) is 1.80. The molecule has 1 aromatic carbocycles. The van der Waals surface area contributed by atoms with Crippen molar-refractivity contribution in [2.45, 2.75) is 0 Å². The second-order valence-corrected chi connectivity index (χ2v) is 7.36. The smallest absolute Gasteiger partial charge is 0.267 e. The van der Waals surface area contributed by atoms with E-state index < -0.39 is 0 Å². The minimum atomic E-state index is -0.370. The molecule has 1 rings (SSSR count). The van der Waals surface area contributed by atoms with Crippen LogP contribution < -0.4 is 0 Å². The van der Waals surface area contributed by atoms with Crippen molar-refractivity contribution in [3.8, 4) is 0 Å². The predicted octanol–water partition coefficient (Wildman–Crippen LogP) is 3.81. The van der Waals surface area contributed by atoms with Crippen LogP contribution in [0.2, 0.25) is 0 Å². The molecule has 0 atom stereocenters. The van der Waals surface area contributed by atoms with Crippen LogP contribution in [0, 0.1) is 0 Å².